The molecule has 0 aliphatic rings. The number of carbonyl (C=O) groups is 1. The number of halogens is 2. The summed E-state index contributed by atoms with van der Waals surface area (Å²) in [5, 5.41) is 12.0. The molecule has 0 amide bonds. The maximum atomic E-state index is 13.4. The number of nitrogens with zero attached hydrogens (tertiary/aromatic N) is 1. The van der Waals surface area contributed by atoms with E-state index in [1.165, 1.54) is 18.3 Å². The molecule has 0 fully saturated rings. The molecule has 6 heteroatoms. The van der Waals surface area contributed by atoms with E-state index in [0.29, 0.717) is 23.0 Å². The summed E-state index contributed by atoms with van der Waals surface area (Å²) in [5.41, 5.74) is 0.655. The molecule has 4 nitrogen and oxygen atoms in total. The first-order valence-electron chi connectivity index (χ1n) is 5.94. The van der Waals surface area contributed by atoms with Crippen molar-refractivity contribution in [1.82, 2.24) is 4.98 Å². The van der Waals surface area contributed by atoms with Crippen LogP contribution in [0.25, 0.3) is 0 Å². The van der Waals surface area contributed by atoms with Gasteiger partial charge in [-0.15, -0.1) is 0 Å². The monoisotopic (exact) mass is 338 g/mol. The molecule has 20 heavy (non-hydrogen) atoms. The van der Waals surface area contributed by atoms with E-state index < -0.39 is 5.97 Å². The van der Waals surface area contributed by atoms with Crippen molar-refractivity contribution < 1.29 is 14.3 Å². The Morgan fingerprint density at radius 2 is 2.15 bits per heavy atom. The van der Waals surface area contributed by atoms with Gasteiger partial charge in [0.15, 0.2) is 0 Å². The SMILES string of the molecule is O=C(O)c1cc(Br)cnc1NCCc1ccccc1F. The first kappa shape index (κ1) is 14.5. The summed E-state index contributed by atoms with van der Waals surface area (Å²) >= 11 is 3.18. The van der Waals surface area contributed by atoms with Gasteiger partial charge in [0.25, 0.3) is 0 Å². The van der Waals surface area contributed by atoms with Crippen molar-refractivity contribution in [3.63, 3.8) is 0 Å². The van der Waals surface area contributed by atoms with Gasteiger partial charge >= 0.3 is 5.97 Å². The van der Waals surface area contributed by atoms with Crippen molar-refractivity contribution in [2.75, 3.05) is 11.9 Å². The Kier molecular flexibility index (Phi) is 4.68. The lowest BCUT2D eigenvalue weighted by atomic mass is 10.1. The van der Waals surface area contributed by atoms with Crippen molar-refractivity contribution in [3.05, 3.63) is 57.9 Å². The van der Waals surface area contributed by atoms with Crippen molar-refractivity contribution in [2.24, 2.45) is 0 Å². The van der Waals surface area contributed by atoms with E-state index in [9.17, 15) is 9.18 Å². The number of nitrogens with one attached hydrogen (secondary N) is 1. The fourth-order valence-corrected chi connectivity index (χ4v) is 2.09. The standard InChI is InChI=1S/C14H12BrFN2O2/c15-10-7-11(14(19)20)13(18-8-10)17-6-5-9-3-1-2-4-12(9)16/h1-4,7-8H,5-6H2,(H,17,18)(H,19,20). The molecule has 1 aromatic heterocycles. The highest BCUT2D eigenvalue weighted by atomic mass is 79.9. The maximum absolute atomic E-state index is 13.4. The molecule has 0 saturated carbocycles. The van der Waals surface area contributed by atoms with Crippen molar-refractivity contribution in [2.45, 2.75) is 6.42 Å². The zero-order valence-electron chi connectivity index (χ0n) is 10.4. The number of pyridine rings is 1. The van der Waals surface area contributed by atoms with Crippen molar-refractivity contribution >= 4 is 27.7 Å². The molecule has 0 aliphatic carbocycles. The minimum Gasteiger partial charge on any atom is -0.478 e. The third kappa shape index (κ3) is 3.54. The summed E-state index contributed by atoms with van der Waals surface area (Å²) in [6.45, 7) is 0.399. The van der Waals surface area contributed by atoms with E-state index in [2.05, 4.69) is 26.2 Å². The quantitative estimate of drug-likeness (QED) is 0.877. The number of carboxylic acids is 1. The van der Waals surface area contributed by atoms with Gasteiger partial charge in [-0.05, 0) is 40.0 Å². The van der Waals surface area contributed by atoms with E-state index in [1.807, 2.05) is 0 Å². The Balaban J connectivity index is 2.05. The van der Waals surface area contributed by atoms with Crippen LogP contribution in [0.15, 0.2) is 41.0 Å². The van der Waals surface area contributed by atoms with Gasteiger partial charge < -0.3 is 10.4 Å². The van der Waals surface area contributed by atoms with Crippen LogP contribution in [-0.4, -0.2) is 22.6 Å². The van der Waals surface area contributed by atoms with Gasteiger partial charge in [0.1, 0.15) is 17.2 Å². The number of aromatic carboxylic acids is 1. The summed E-state index contributed by atoms with van der Waals surface area (Å²) in [7, 11) is 0. The molecule has 0 saturated heterocycles. The first-order valence-corrected chi connectivity index (χ1v) is 6.73. The normalized spacial score (nSPS) is 10.3. The molecule has 0 spiro atoms. The number of hydrogen-bond acceptors (Lipinski definition) is 3. The van der Waals surface area contributed by atoms with Crippen LogP contribution in [0.2, 0.25) is 0 Å². The molecule has 0 bridgehead atoms. The summed E-state index contributed by atoms with van der Waals surface area (Å²) in [6, 6.07) is 7.96. The Bertz CT molecular complexity index is 634. The molecule has 0 unspecified atom stereocenters. The van der Waals surface area contributed by atoms with Crippen LogP contribution < -0.4 is 5.32 Å². The zero-order valence-corrected chi connectivity index (χ0v) is 12.0. The van der Waals surface area contributed by atoms with Gasteiger partial charge in [-0.3, -0.25) is 0 Å². The largest absolute Gasteiger partial charge is 0.478 e. The van der Waals surface area contributed by atoms with Crippen molar-refractivity contribution in [3.8, 4) is 0 Å². The molecule has 1 heterocycles. The number of hydrogen-bond donors (Lipinski definition) is 2. The fraction of sp³-hybridized carbons (Fsp3) is 0.143. The average Bonchev–Trinajstić information content (AvgIpc) is 2.42. The Hall–Kier alpha value is -1.95. The predicted molar refractivity (Wildman–Crippen MR) is 77.5 cm³/mol. The molecule has 2 aromatic rings. The minimum absolute atomic E-state index is 0.0768. The second-order valence-electron chi connectivity index (χ2n) is 4.12. The first-order chi connectivity index (χ1) is 9.58. The lowest BCUT2D eigenvalue weighted by Crippen LogP contribution is -2.11. The van der Waals surface area contributed by atoms with Crippen LogP contribution in [0.3, 0.4) is 0 Å². The van der Waals surface area contributed by atoms with Crippen LogP contribution >= 0.6 is 15.9 Å². The number of benzene rings is 1. The molecular formula is C14H12BrFN2O2. The highest BCUT2D eigenvalue weighted by Crippen LogP contribution is 2.18. The van der Waals surface area contributed by atoms with Gasteiger partial charge in [-0.2, -0.15) is 0 Å². The number of anilines is 1. The van der Waals surface area contributed by atoms with Crippen LogP contribution in [0.4, 0.5) is 10.2 Å². The topological polar surface area (TPSA) is 62.2 Å². The van der Waals surface area contributed by atoms with E-state index in [0.717, 1.165) is 0 Å². The van der Waals surface area contributed by atoms with Crippen LogP contribution in [0.1, 0.15) is 15.9 Å². The highest BCUT2D eigenvalue weighted by Gasteiger charge is 2.12. The Morgan fingerprint density at radius 3 is 2.85 bits per heavy atom. The van der Waals surface area contributed by atoms with E-state index >= 15 is 0 Å². The van der Waals surface area contributed by atoms with Crippen LogP contribution in [0.5, 0.6) is 0 Å². The number of aromatic nitrogens is 1. The molecule has 0 atom stereocenters. The summed E-state index contributed by atoms with van der Waals surface area (Å²) in [4.78, 5) is 15.1. The number of rotatable bonds is 5. The lowest BCUT2D eigenvalue weighted by Gasteiger charge is -2.09. The second-order valence-corrected chi connectivity index (χ2v) is 5.04. The smallest absolute Gasteiger partial charge is 0.339 e. The summed E-state index contributed by atoms with van der Waals surface area (Å²) < 4.78 is 14.0. The second kappa shape index (κ2) is 6.47. The predicted octanol–water partition coefficient (Wildman–Crippen LogP) is 3.34. The van der Waals surface area contributed by atoms with Crippen LogP contribution in [-0.2, 0) is 6.42 Å². The average molecular weight is 339 g/mol. The number of carboxylic acid groups (broad SMARTS) is 1. The van der Waals surface area contributed by atoms with Crippen molar-refractivity contribution in [1.29, 1.82) is 0 Å². The van der Waals surface area contributed by atoms with Gasteiger partial charge in [0, 0.05) is 17.2 Å². The molecule has 104 valence electrons. The fourth-order valence-electron chi connectivity index (χ4n) is 1.76. The van der Waals surface area contributed by atoms with Gasteiger partial charge in [0.2, 0.25) is 0 Å². The summed E-state index contributed by atoms with van der Waals surface area (Å²) in [6.07, 6.45) is 1.96. The van der Waals surface area contributed by atoms with Gasteiger partial charge in [0.05, 0.1) is 0 Å². The van der Waals surface area contributed by atoms with Gasteiger partial charge in [-0.1, -0.05) is 18.2 Å². The van der Waals surface area contributed by atoms with Gasteiger partial charge in [-0.25, -0.2) is 14.2 Å². The molecule has 0 radical (unpaired) electrons. The Morgan fingerprint density at radius 1 is 1.40 bits per heavy atom. The molecule has 2 rings (SSSR count). The molecule has 0 aliphatic heterocycles. The lowest BCUT2D eigenvalue weighted by molar-refractivity contribution is 0.0697. The minimum atomic E-state index is -1.06. The third-order valence-electron chi connectivity index (χ3n) is 2.73. The zero-order chi connectivity index (χ0) is 14.5. The highest BCUT2D eigenvalue weighted by molar-refractivity contribution is 9.10. The van der Waals surface area contributed by atoms with E-state index in [1.54, 1.807) is 18.2 Å². The Labute approximate surface area is 123 Å². The third-order valence-corrected chi connectivity index (χ3v) is 3.16. The summed E-state index contributed by atoms with van der Waals surface area (Å²) in [5.74, 6) is -1.05. The molecule has 2 N–H and O–H groups in total. The molecular weight excluding hydrogens is 327 g/mol. The maximum Gasteiger partial charge on any atom is 0.339 e. The van der Waals surface area contributed by atoms with E-state index in [-0.39, 0.29) is 17.2 Å². The van der Waals surface area contributed by atoms with E-state index in [4.69, 9.17) is 5.11 Å². The molecule has 1 aromatic carbocycles. The van der Waals surface area contributed by atoms with Crippen LogP contribution in [0, 0.1) is 5.82 Å².